The quantitative estimate of drug-likeness (QED) is 0.672. The van der Waals surface area contributed by atoms with Crippen LogP contribution in [0.5, 0.6) is 0 Å². The van der Waals surface area contributed by atoms with Gasteiger partial charge in [0, 0.05) is 29.6 Å². The van der Waals surface area contributed by atoms with E-state index in [4.69, 9.17) is 11.5 Å². The Morgan fingerprint density at radius 3 is 3.00 bits per heavy atom. The second kappa shape index (κ2) is 3.45. The molecule has 0 radical (unpaired) electrons. The topological polar surface area (TPSA) is 82.0 Å². The van der Waals surface area contributed by atoms with E-state index in [0.29, 0.717) is 0 Å². The molecule has 1 heterocycles. The van der Waals surface area contributed by atoms with Gasteiger partial charge in [-0.2, -0.15) is 0 Å². The molecule has 1 rings (SSSR count). The normalized spacial score (nSPS) is 12.8. The van der Waals surface area contributed by atoms with Crippen LogP contribution < -0.4 is 11.5 Å². The van der Waals surface area contributed by atoms with E-state index in [9.17, 15) is 4.79 Å². The summed E-state index contributed by atoms with van der Waals surface area (Å²) in [4.78, 5) is 10.4. The molecule has 0 unspecified atom stereocenters. The van der Waals surface area contributed by atoms with Crippen molar-refractivity contribution in [2.45, 2.75) is 12.5 Å². The van der Waals surface area contributed by atoms with Crippen molar-refractivity contribution in [3.8, 4) is 0 Å². The minimum Gasteiger partial charge on any atom is -0.370 e. The van der Waals surface area contributed by atoms with Crippen molar-refractivity contribution in [3.05, 3.63) is 17.1 Å². The number of amides is 1. The molecule has 4 nitrogen and oxygen atoms in total. The smallest absolute Gasteiger partial charge is 0.219 e. The van der Waals surface area contributed by atoms with Crippen LogP contribution in [0.2, 0.25) is 0 Å². The molecule has 1 aromatic rings. The molecule has 11 heavy (non-hydrogen) atoms. The Bertz CT molecular complexity index is 234. The zero-order valence-electron chi connectivity index (χ0n) is 5.86. The highest BCUT2D eigenvalue weighted by atomic mass is 32.1. The predicted molar refractivity (Wildman–Crippen MR) is 42.9 cm³/mol. The first kappa shape index (κ1) is 8.16. The van der Waals surface area contributed by atoms with E-state index in [-0.39, 0.29) is 18.4 Å². The summed E-state index contributed by atoms with van der Waals surface area (Å²) in [5.41, 5.74) is 11.4. The van der Waals surface area contributed by atoms with Crippen LogP contribution in [-0.4, -0.2) is 10.3 Å². The van der Waals surface area contributed by atoms with Gasteiger partial charge < -0.3 is 11.5 Å². The fourth-order valence-electron chi connectivity index (χ4n) is 0.731. The molecule has 0 aliphatic carbocycles. The van der Waals surface area contributed by atoms with E-state index in [0.717, 1.165) is 5.56 Å². The number of hydrogen-bond donors (Lipinski definition) is 2. The first-order valence-corrected chi connectivity index (χ1v) is 3.97. The highest BCUT2D eigenvalue weighted by Gasteiger charge is 2.09. The number of carbonyl (C=O) groups is 1. The van der Waals surface area contributed by atoms with Crippen molar-refractivity contribution in [1.29, 1.82) is 0 Å². The molecule has 4 N–H and O–H groups in total. The SMILES string of the molecule is NC(=O)C[C@H](N)c1cnsc1. The number of primary amides is 1. The lowest BCUT2D eigenvalue weighted by molar-refractivity contribution is -0.118. The molecule has 0 aromatic carbocycles. The molecule has 0 fully saturated rings. The third kappa shape index (κ3) is 2.28. The molecule has 0 aliphatic rings. The average molecular weight is 171 g/mol. The van der Waals surface area contributed by atoms with Gasteiger partial charge in [0.15, 0.2) is 0 Å². The van der Waals surface area contributed by atoms with Crippen LogP contribution in [0.4, 0.5) is 0 Å². The number of aromatic nitrogens is 1. The van der Waals surface area contributed by atoms with Gasteiger partial charge in [-0.25, -0.2) is 4.37 Å². The predicted octanol–water partition coefficient (Wildman–Crippen LogP) is 0.0183. The highest BCUT2D eigenvalue weighted by Crippen LogP contribution is 2.13. The van der Waals surface area contributed by atoms with Crippen molar-refractivity contribution < 1.29 is 4.79 Å². The summed E-state index contributed by atoms with van der Waals surface area (Å²) in [5, 5.41) is 1.81. The molecule has 0 aliphatic heterocycles. The van der Waals surface area contributed by atoms with Crippen molar-refractivity contribution in [1.82, 2.24) is 4.37 Å². The Hall–Kier alpha value is -0.940. The first-order valence-electron chi connectivity index (χ1n) is 3.13. The third-order valence-electron chi connectivity index (χ3n) is 1.30. The van der Waals surface area contributed by atoms with Gasteiger partial charge in [-0.05, 0) is 11.5 Å². The van der Waals surface area contributed by atoms with Crippen LogP contribution in [-0.2, 0) is 4.79 Å². The molecule has 0 bridgehead atoms. The molecule has 0 saturated carbocycles. The van der Waals surface area contributed by atoms with Crippen LogP contribution in [0.1, 0.15) is 18.0 Å². The monoisotopic (exact) mass is 171 g/mol. The summed E-state index contributed by atoms with van der Waals surface area (Å²) in [6.45, 7) is 0. The molecule has 1 amide bonds. The molecule has 5 heteroatoms. The van der Waals surface area contributed by atoms with Crippen molar-refractivity contribution in [2.75, 3.05) is 0 Å². The molecule has 60 valence electrons. The zero-order valence-corrected chi connectivity index (χ0v) is 6.67. The summed E-state index contributed by atoms with van der Waals surface area (Å²) >= 11 is 1.31. The fourth-order valence-corrected chi connectivity index (χ4v) is 1.33. The minimum absolute atomic E-state index is 0.179. The standard InChI is InChI=1S/C6H9N3OS/c7-5(1-6(8)10)4-2-9-11-3-4/h2-3,5H,1,7H2,(H2,8,10)/t5-/m0/s1. The van der Waals surface area contributed by atoms with Crippen molar-refractivity contribution in [3.63, 3.8) is 0 Å². The van der Waals surface area contributed by atoms with Crippen LogP contribution in [0.3, 0.4) is 0 Å². The lowest BCUT2D eigenvalue weighted by atomic mass is 10.1. The fraction of sp³-hybridized carbons (Fsp3) is 0.333. The average Bonchev–Trinajstić information content (AvgIpc) is 2.35. The van der Waals surface area contributed by atoms with E-state index in [1.807, 2.05) is 5.38 Å². The summed E-state index contributed by atoms with van der Waals surface area (Å²) in [6, 6.07) is -0.300. The Balaban J connectivity index is 2.56. The van der Waals surface area contributed by atoms with E-state index in [2.05, 4.69) is 4.37 Å². The van der Waals surface area contributed by atoms with Crippen LogP contribution in [0.15, 0.2) is 11.6 Å². The molecular formula is C6H9N3OS. The first-order chi connectivity index (χ1) is 5.20. The van der Waals surface area contributed by atoms with Gasteiger partial charge in [-0.3, -0.25) is 4.79 Å². The number of nitrogens with zero attached hydrogens (tertiary/aromatic N) is 1. The Kier molecular flexibility index (Phi) is 2.56. The maximum atomic E-state index is 10.4. The van der Waals surface area contributed by atoms with Crippen LogP contribution in [0, 0.1) is 0 Å². The second-order valence-electron chi connectivity index (χ2n) is 2.23. The summed E-state index contributed by atoms with van der Waals surface area (Å²) in [7, 11) is 0. The van der Waals surface area contributed by atoms with Gasteiger partial charge in [-0.15, -0.1) is 0 Å². The van der Waals surface area contributed by atoms with Crippen molar-refractivity contribution >= 4 is 17.4 Å². The molecule has 1 atom stereocenters. The van der Waals surface area contributed by atoms with Crippen LogP contribution >= 0.6 is 11.5 Å². The summed E-state index contributed by atoms with van der Waals surface area (Å²) in [6.07, 6.45) is 1.83. The number of hydrogen-bond acceptors (Lipinski definition) is 4. The molecule has 0 saturated heterocycles. The molecular weight excluding hydrogens is 162 g/mol. The summed E-state index contributed by atoms with van der Waals surface area (Å²) in [5.74, 6) is -0.385. The van der Waals surface area contributed by atoms with E-state index in [1.54, 1.807) is 6.20 Å². The van der Waals surface area contributed by atoms with Gasteiger partial charge in [0.05, 0.1) is 0 Å². The minimum atomic E-state index is -0.385. The van der Waals surface area contributed by atoms with Gasteiger partial charge in [0.2, 0.25) is 5.91 Å². The lowest BCUT2D eigenvalue weighted by Gasteiger charge is -2.04. The second-order valence-corrected chi connectivity index (χ2v) is 2.89. The largest absolute Gasteiger partial charge is 0.370 e. The Labute approximate surface area is 68.4 Å². The number of rotatable bonds is 3. The van der Waals surface area contributed by atoms with E-state index in [1.165, 1.54) is 11.5 Å². The maximum absolute atomic E-state index is 10.4. The molecule has 0 spiro atoms. The van der Waals surface area contributed by atoms with Crippen molar-refractivity contribution in [2.24, 2.45) is 11.5 Å². The van der Waals surface area contributed by atoms with Crippen LogP contribution in [0.25, 0.3) is 0 Å². The van der Waals surface area contributed by atoms with E-state index < -0.39 is 0 Å². The Morgan fingerprint density at radius 1 is 1.82 bits per heavy atom. The number of carbonyl (C=O) groups excluding carboxylic acids is 1. The van der Waals surface area contributed by atoms with Gasteiger partial charge >= 0.3 is 0 Å². The molecule has 1 aromatic heterocycles. The van der Waals surface area contributed by atoms with E-state index >= 15 is 0 Å². The number of nitrogens with two attached hydrogens (primary N) is 2. The summed E-state index contributed by atoms with van der Waals surface area (Å²) < 4.78 is 3.86. The maximum Gasteiger partial charge on any atom is 0.219 e. The van der Waals surface area contributed by atoms with Gasteiger partial charge in [-0.1, -0.05) is 0 Å². The Morgan fingerprint density at radius 2 is 2.55 bits per heavy atom. The van der Waals surface area contributed by atoms with Gasteiger partial charge in [0.25, 0.3) is 0 Å². The zero-order chi connectivity index (χ0) is 8.27. The lowest BCUT2D eigenvalue weighted by Crippen LogP contribution is -2.20. The third-order valence-corrected chi connectivity index (χ3v) is 1.91. The highest BCUT2D eigenvalue weighted by molar-refractivity contribution is 7.03. The van der Waals surface area contributed by atoms with Gasteiger partial charge in [0.1, 0.15) is 0 Å².